The summed E-state index contributed by atoms with van der Waals surface area (Å²) in [4.78, 5) is 26.3. The van der Waals surface area contributed by atoms with Crippen molar-refractivity contribution in [1.29, 1.82) is 0 Å². The molecule has 1 aliphatic heterocycles. The summed E-state index contributed by atoms with van der Waals surface area (Å²) in [6.45, 7) is 0. The molecule has 1 unspecified atom stereocenters. The number of carbonyl (C=O) groups is 2. The summed E-state index contributed by atoms with van der Waals surface area (Å²) in [6.07, 6.45) is 0.719. The summed E-state index contributed by atoms with van der Waals surface area (Å²) in [5, 5.41) is 10.3. The molecule has 3 rings (SSSR count). The predicted molar refractivity (Wildman–Crippen MR) is 110 cm³/mol. The molecular weight excluding hydrogens is 405 g/mol. The van der Waals surface area contributed by atoms with Gasteiger partial charge in [0.2, 0.25) is 0 Å². The SMILES string of the molecule is COC(=O)[C@@H]([NH-])Cc1ccc(Oc2ccc(CC3SC([O-])=NC3=O)cc2)cc1.[Mg+2]. The number of thioether (sulfide) groups is 1. The van der Waals surface area contributed by atoms with Gasteiger partial charge >= 0.3 is 23.1 Å². The number of methoxy groups -OCH3 is 1. The predicted octanol–water partition coefficient (Wildman–Crippen LogP) is 2.14. The second-order valence-electron chi connectivity index (χ2n) is 6.20. The minimum absolute atomic E-state index is 0. The van der Waals surface area contributed by atoms with Gasteiger partial charge in [0.1, 0.15) is 11.5 Å². The number of rotatable bonds is 7. The largest absolute Gasteiger partial charge is 2.00 e. The maximum atomic E-state index is 11.6. The number of nitrogens with one attached hydrogen (secondary N) is 1. The standard InChI is InChI=1S/C20H19N2O5S.Mg/c1-26-19(24)16(21)10-12-2-6-14(7-3-12)27-15-8-4-13(5-9-15)11-17-18(23)22-20(25)28-17;/h2-9,16-17,21H,10-11H2,1H3,(H,22,23,25);/q-1;+2/p-1/t16-,17?;/m0./s1. The summed E-state index contributed by atoms with van der Waals surface area (Å²) in [7, 11) is 1.27. The number of esters is 1. The molecule has 2 aromatic rings. The minimum atomic E-state index is -0.947. The Labute approximate surface area is 188 Å². The third-order valence-electron chi connectivity index (χ3n) is 4.15. The van der Waals surface area contributed by atoms with Gasteiger partial charge in [-0.15, -0.1) is 11.8 Å². The van der Waals surface area contributed by atoms with Gasteiger partial charge in [-0.25, -0.2) is 4.99 Å². The number of hydrogen-bond acceptors (Lipinski definition) is 6. The van der Waals surface area contributed by atoms with Crippen LogP contribution in [0.4, 0.5) is 0 Å². The Hall–Kier alpha value is -2.07. The zero-order chi connectivity index (χ0) is 20.1. The van der Waals surface area contributed by atoms with E-state index in [0.29, 0.717) is 17.9 Å². The smallest absolute Gasteiger partial charge is 0.854 e. The van der Waals surface area contributed by atoms with Crippen LogP contribution in [0.15, 0.2) is 53.5 Å². The maximum Gasteiger partial charge on any atom is 2.00 e. The Morgan fingerprint density at radius 2 is 1.69 bits per heavy atom. The van der Waals surface area contributed by atoms with E-state index in [1.165, 1.54) is 7.11 Å². The van der Waals surface area contributed by atoms with Crippen LogP contribution >= 0.6 is 11.8 Å². The number of aliphatic imine (C=N–C) groups is 1. The van der Waals surface area contributed by atoms with Gasteiger partial charge in [-0.1, -0.05) is 24.3 Å². The molecule has 9 heteroatoms. The van der Waals surface area contributed by atoms with Crippen molar-refractivity contribution in [3.05, 3.63) is 65.4 Å². The Morgan fingerprint density at radius 1 is 1.14 bits per heavy atom. The molecule has 1 N–H and O–H groups in total. The summed E-state index contributed by atoms with van der Waals surface area (Å²) in [5.74, 6) is 0.325. The first kappa shape index (κ1) is 23.2. The Balaban J connectivity index is 0.00000300. The molecule has 0 aliphatic carbocycles. The van der Waals surface area contributed by atoms with Crippen LogP contribution in [0.3, 0.4) is 0 Å². The second kappa shape index (κ2) is 10.6. The minimum Gasteiger partial charge on any atom is -0.854 e. The van der Waals surface area contributed by atoms with Crippen molar-refractivity contribution >= 4 is 51.9 Å². The van der Waals surface area contributed by atoms with E-state index in [1.54, 1.807) is 36.4 Å². The van der Waals surface area contributed by atoms with E-state index < -0.39 is 22.5 Å². The summed E-state index contributed by atoms with van der Waals surface area (Å²) in [5.41, 5.74) is 9.48. The van der Waals surface area contributed by atoms with Crippen LogP contribution in [-0.4, -0.2) is 58.6 Å². The quantitative estimate of drug-likeness (QED) is 0.499. The number of hydrogen-bond donors (Lipinski definition) is 0. The molecule has 0 aromatic heterocycles. The van der Waals surface area contributed by atoms with Crippen molar-refractivity contribution in [2.45, 2.75) is 24.1 Å². The van der Waals surface area contributed by atoms with E-state index in [9.17, 15) is 14.7 Å². The van der Waals surface area contributed by atoms with Crippen LogP contribution in [0.2, 0.25) is 0 Å². The zero-order valence-electron chi connectivity index (χ0n) is 15.8. The van der Waals surface area contributed by atoms with E-state index in [2.05, 4.69) is 9.73 Å². The number of amides is 1. The summed E-state index contributed by atoms with van der Waals surface area (Å²) >= 11 is 0.955. The van der Waals surface area contributed by atoms with Gasteiger partial charge in [0.15, 0.2) is 0 Å². The fourth-order valence-corrected chi connectivity index (χ4v) is 3.50. The molecule has 2 atom stereocenters. The molecule has 29 heavy (non-hydrogen) atoms. The van der Waals surface area contributed by atoms with Gasteiger partial charge in [0.05, 0.1) is 12.4 Å². The molecular formula is C20H18MgN2O5S. The molecule has 2 aromatic carbocycles. The summed E-state index contributed by atoms with van der Waals surface area (Å²) in [6, 6.07) is 13.5. The van der Waals surface area contributed by atoms with Crippen LogP contribution in [0.1, 0.15) is 11.1 Å². The second-order valence-corrected chi connectivity index (χ2v) is 7.35. The van der Waals surface area contributed by atoms with E-state index in [0.717, 1.165) is 22.9 Å². The van der Waals surface area contributed by atoms with Crippen LogP contribution < -0.4 is 9.84 Å². The average Bonchev–Trinajstić information content (AvgIpc) is 3.01. The third kappa shape index (κ3) is 6.46. The van der Waals surface area contributed by atoms with Gasteiger partial charge in [-0.2, -0.15) is 0 Å². The Kier molecular flexibility index (Phi) is 8.51. The monoisotopic (exact) mass is 422 g/mol. The number of nitrogens with zero attached hydrogens (tertiary/aromatic N) is 1. The Morgan fingerprint density at radius 3 is 2.17 bits per heavy atom. The van der Waals surface area contributed by atoms with Crippen molar-refractivity contribution < 1.29 is 24.2 Å². The van der Waals surface area contributed by atoms with Crippen LogP contribution in [0.5, 0.6) is 11.5 Å². The van der Waals surface area contributed by atoms with E-state index in [1.807, 2.05) is 12.1 Å². The van der Waals surface area contributed by atoms with Crippen molar-refractivity contribution in [3.8, 4) is 11.5 Å². The van der Waals surface area contributed by atoms with E-state index >= 15 is 0 Å². The number of carbonyl (C=O) groups excluding carboxylic acids is 2. The molecule has 0 radical (unpaired) electrons. The van der Waals surface area contributed by atoms with Crippen molar-refractivity contribution in [2.75, 3.05) is 7.11 Å². The van der Waals surface area contributed by atoms with Crippen molar-refractivity contribution in [1.82, 2.24) is 0 Å². The normalized spacial score (nSPS) is 16.6. The van der Waals surface area contributed by atoms with E-state index in [4.69, 9.17) is 10.5 Å². The molecule has 0 spiro atoms. The molecule has 1 heterocycles. The first-order valence-corrected chi connectivity index (χ1v) is 9.43. The van der Waals surface area contributed by atoms with Gasteiger partial charge in [-0.3, -0.25) is 9.59 Å². The first-order chi connectivity index (χ1) is 13.4. The van der Waals surface area contributed by atoms with E-state index in [-0.39, 0.29) is 35.4 Å². The molecule has 146 valence electrons. The molecule has 0 bridgehead atoms. The number of ether oxygens (including phenoxy) is 2. The fourth-order valence-electron chi connectivity index (χ4n) is 2.69. The van der Waals surface area contributed by atoms with Crippen LogP contribution in [0, 0.1) is 0 Å². The van der Waals surface area contributed by atoms with Crippen molar-refractivity contribution in [3.63, 3.8) is 0 Å². The molecule has 0 saturated carbocycles. The average molecular weight is 423 g/mol. The Bertz CT molecular complexity index is 887. The van der Waals surface area contributed by atoms with Crippen molar-refractivity contribution in [2.24, 2.45) is 4.99 Å². The number of benzene rings is 2. The van der Waals surface area contributed by atoms with Gasteiger partial charge in [0.25, 0.3) is 11.9 Å². The van der Waals surface area contributed by atoms with Gasteiger partial charge < -0.3 is 20.3 Å². The van der Waals surface area contributed by atoms with Crippen LogP contribution in [0.25, 0.3) is 5.73 Å². The third-order valence-corrected chi connectivity index (χ3v) is 5.09. The van der Waals surface area contributed by atoms with Crippen LogP contribution in [-0.2, 0) is 27.2 Å². The topological polar surface area (TPSA) is 112 Å². The maximum absolute atomic E-state index is 11.6. The zero-order valence-corrected chi connectivity index (χ0v) is 18.0. The molecule has 7 nitrogen and oxygen atoms in total. The molecule has 0 saturated heterocycles. The molecule has 1 amide bonds. The first-order valence-electron chi connectivity index (χ1n) is 8.55. The summed E-state index contributed by atoms with van der Waals surface area (Å²) < 4.78 is 10.3. The fraction of sp³-hybridized carbons (Fsp3) is 0.250. The molecule has 1 aliphatic rings. The van der Waals surface area contributed by atoms with Gasteiger partial charge in [-0.05, 0) is 54.3 Å². The van der Waals surface area contributed by atoms with Gasteiger partial charge in [0, 0.05) is 5.23 Å². The molecule has 0 fully saturated rings.